The first kappa shape index (κ1) is 13.5. The lowest BCUT2D eigenvalue weighted by molar-refractivity contribution is -0.148. The maximum absolute atomic E-state index is 11.5. The molecular weight excluding hydrogens is 200 g/mol. The number of hydrogen-bond donors (Lipinski definition) is 0. The van der Waals surface area contributed by atoms with E-state index in [2.05, 4.69) is 13.8 Å². The van der Waals surface area contributed by atoms with Gasteiger partial charge < -0.3 is 4.74 Å². The third-order valence-electron chi connectivity index (χ3n) is 3.45. The van der Waals surface area contributed by atoms with Crippen LogP contribution in [0.1, 0.15) is 65.2 Å². The predicted molar refractivity (Wildman–Crippen MR) is 66.0 cm³/mol. The van der Waals surface area contributed by atoms with Crippen LogP contribution in [0.4, 0.5) is 0 Å². The van der Waals surface area contributed by atoms with E-state index < -0.39 is 0 Å². The number of carbonyl (C=O) groups excluding carboxylic acids is 1. The summed E-state index contributed by atoms with van der Waals surface area (Å²) in [5, 5.41) is 0. The van der Waals surface area contributed by atoms with Gasteiger partial charge in [0.05, 0.1) is 6.42 Å². The van der Waals surface area contributed by atoms with Gasteiger partial charge in [0, 0.05) is 0 Å². The second-order valence-corrected chi connectivity index (χ2v) is 4.77. The van der Waals surface area contributed by atoms with E-state index in [9.17, 15) is 4.79 Å². The lowest BCUT2D eigenvalue weighted by Crippen LogP contribution is -2.28. The van der Waals surface area contributed by atoms with Crippen LogP contribution < -0.4 is 0 Å². The molecule has 2 heteroatoms. The van der Waals surface area contributed by atoms with Crippen molar-refractivity contribution in [1.29, 1.82) is 0 Å². The number of hydrogen-bond acceptors (Lipinski definition) is 2. The van der Waals surface area contributed by atoms with Gasteiger partial charge in [0.25, 0.3) is 0 Å². The molecule has 0 heterocycles. The molecule has 2 nitrogen and oxygen atoms in total. The van der Waals surface area contributed by atoms with Crippen LogP contribution in [0.5, 0.6) is 0 Å². The third-order valence-corrected chi connectivity index (χ3v) is 3.45. The minimum absolute atomic E-state index is 0.112. The molecule has 93 valence electrons. The van der Waals surface area contributed by atoms with E-state index in [0.717, 1.165) is 19.3 Å². The summed E-state index contributed by atoms with van der Waals surface area (Å²) in [7, 11) is 0. The number of carbonyl (C=O) groups is 1. The van der Waals surface area contributed by atoms with Crippen LogP contribution in [0.3, 0.4) is 0 Å². The molecule has 1 saturated carbocycles. The van der Waals surface area contributed by atoms with Crippen molar-refractivity contribution in [2.45, 2.75) is 71.3 Å². The summed E-state index contributed by atoms with van der Waals surface area (Å²) < 4.78 is 5.55. The van der Waals surface area contributed by atoms with Crippen LogP contribution in [0.2, 0.25) is 0 Å². The van der Waals surface area contributed by atoms with Crippen LogP contribution in [-0.2, 0) is 9.53 Å². The molecule has 1 rings (SSSR count). The van der Waals surface area contributed by atoms with Crippen molar-refractivity contribution >= 4 is 5.97 Å². The van der Waals surface area contributed by atoms with E-state index in [1.54, 1.807) is 6.42 Å². The first-order chi connectivity index (χ1) is 7.77. The maximum atomic E-state index is 11.5. The van der Waals surface area contributed by atoms with Crippen molar-refractivity contribution in [3.8, 4) is 0 Å². The number of unbranched alkanes of at least 4 members (excludes halogenated alkanes) is 1. The van der Waals surface area contributed by atoms with Crippen molar-refractivity contribution in [3.63, 3.8) is 0 Å². The van der Waals surface area contributed by atoms with Gasteiger partial charge in [-0.15, -0.1) is 0 Å². The van der Waals surface area contributed by atoms with E-state index in [-0.39, 0.29) is 12.1 Å². The Morgan fingerprint density at radius 1 is 1.31 bits per heavy atom. The Balaban J connectivity index is 2.32. The molecule has 1 aliphatic carbocycles. The lowest BCUT2D eigenvalue weighted by Gasteiger charge is -2.29. The summed E-state index contributed by atoms with van der Waals surface area (Å²) in [6.45, 7) is 4.19. The van der Waals surface area contributed by atoms with Gasteiger partial charge in [0.15, 0.2) is 0 Å². The fourth-order valence-electron chi connectivity index (χ4n) is 2.48. The highest BCUT2D eigenvalue weighted by molar-refractivity contribution is 5.78. The van der Waals surface area contributed by atoms with Gasteiger partial charge in [-0.1, -0.05) is 39.5 Å². The highest BCUT2D eigenvalue weighted by atomic mass is 16.5. The van der Waals surface area contributed by atoms with Crippen molar-refractivity contribution in [2.75, 3.05) is 0 Å². The topological polar surface area (TPSA) is 26.3 Å². The van der Waals surface area contributed by atoms with E-state index in [4.69, 9.17) is 4.74 Å². The first-order valence-electron chi connectivity index (χ1n) is 6.81. The molecule has 0 saturated heterocycles. The first-order valence-corrected chi connectivity index (χ1v) is 6.81. The van der Waals surface area contributed by atoms with Crippen LogP contribution in [0.15, 0.2) is 0 Å². The molecule has 0 aromatic heterocycles. The Kier molecular flexibility index (Phi) is 6.51. The second-order valence-electron chi connectivity index (χ2n) is 4.77. The Hall–Kier alpha value is -0.530. The third kappa shape index (κ3) is 4.54. The fraction of sp³-hybridized carbons (Fsp3) is 0.857. The number of esters is 1. The molecule has 0 aromatic carbocycles. The summed E-state index contributed by atoms with van der Waals surface area (Å²) in [4.78, 5) is 11.5. The van der Waals surface area contributed by atoms with E-state index >= 15 is 0 Å². The van der Waals surface area contributed by atoms with Crippen molar-refractivity contribution in [1.82, 2.24) is 0 Å². The summed E-state index contributed by atoms with van der Waals surface area (Å²) in [6, 6.07) is 0. The maximum Gasteiger partial charge on any atom is 0.310 e. The summed E-state index contributed by atoms with van der Waals surface area (Å²) in [5.41, 5.74) is 0. The standard InChI is InChI=1S/C14H25O2/c1-3-5-11-14(15)16-13(4-2)12-9-7-6-8-10-12/h11-13H,3-10H2,1-2H3. The van der Waals surface area contributed by atoms with Gasteiger partial charge in [-0.05, 0) is 31.6 Å². The molecule has 1 radical (unpaired) electrons. The number of ether oxygens (including phenoxy) is 1. The van der Waals surface area contributed by atoms with Crippen molar-refractivity contribution < 1.29 is 9.53 Å². The van der Waals surface area contributed by atoms with Crippen LogP contribution in [-0.4, -0.2) is 12.1 Å². The van der Waals surface area contributed by atoms with E-state index in [0.29, 0.717) is 5.92 Å². The van der Waals surface area contributed by atoms with E-state index in [1.165, 1.54) is 32.1 Å². The molecule has 0 aliphatic heterocycles. The molecule has 1 unspecified atom stereocenters. The summed E-state index contributed by atoms with van der Waals surface area (Å²) >= 11 is 0. The molecule has 1 atom stereocenters. The van der Waals surface area contributed by atoms with Gasteiger partial charge in [0.2, 0.25) is 0 Å². The molecule has 1 fully saturated rings. The zero-order valence-electron chi connectivity index (χ0n) is 10.7. The molecule has 0 N–H and O–H groups in total. The molecule has 0 bridgehead atoms. The molecule has 0 spiro atoms. The Morgan fingerprint density at radius 3 is 2.56 bits per heavy atom. The monoisotopic (exact) mass is 225 g/mol. The average molecular weight is 225 g/mol. The minimum atomic E-state index is -0.112. The summed E-state index contributed by atoms with van der Waals surface area (Å²) in [5.74, 6) is 0.497. The van der Waals surface area contributed by atoms with Gasteiger partial charge in [-0.3, -0.25) is 4.79 Å². The van der Waals surface area contributed by atoms with Gasteiger partial charge >= 0.3 is 5.97 Å². The quantitative estimate of drug-likeness (QED) is 0.641. The molecule has 0 aromatic rings. The highest BCUT2D eigenvalue weighted by Gasteiger charge is 2.25. The Labute approximate surface area is 99.8 Å². The molecule has 0 amide bonds. The Morgan fingerprint density at radius 2 is 2.00 bits per heavy atom. The zero-order valence-corrected chi connectivity index (χ0v) is 10.7. The second kappa shape index (κ2) is 7.70. The lowest BCUT2D eigenvalue weighted by atomic mass is 9.84. The fourth-order valence-corrected chi connectivity index (χ4v) is 2.48. The molecule has 1 aliphatic rings. The van der Waals surface area contributed by atoms with Gasteiger partial charge in [-0.2, -0.15) is 0 Å². The van der Waals surface area contributed by atoms with Crippen LogP contribution >= 0.6 is 0 Å². The van der Waals surface area contributed by atoms with Crippen molar-refractivity contribution in [3.05, 3.63) is 6.42 Å². The highest BCUT2D eigenvalue weighted by Crippen LogP contribution is 2.29. The minimum Gasteiger partial charge on any atom is -0.462 e. The van der Waals surface area contributed by atoms with Crippen molar-refractivity contribution in [2.24, 2.45) is 5.92 Å². The SMILES string of the molecule is CCC[CH]C(=O)OC(CC)C1CCCCC1. The zero-order chi connectivity index (χ0) is 11.8. The largest absolute Gasteiger partial charge is 0.462 e. The van der Waals surface area contributed by atoms with E-state index in [1.807, 2.05) is 0 Å². The Bertz CT molecular complexity index is 195. The smallest absolute Gasteiger partial charge is 0.310 e. The van der Waals surface area contributed by atoms with Gasteiger partial charge in [0.1, 0.15) is 6.10 Å². The average Bonchev–Trinajstić information content (AvgIpc) is 2.34. The molecular formula is C14H25O2. The van der Waals surface area contributed by atoms with Gasteiger partial charge in [-0.25, -0.2) is 0 Å². The molecule has 16 heavy (non-hydrogen) atoms. The predicted octanol–water partition coefficient (Wildman–Crippen LogP) is 3.89. The normalized spacial score (nSPS) is 19.4. The number of rotatable bonds is 6. The van der Waals surface area contributed by atoms with Crippen LogP contribution in [0.25, 0.3) is 0 Å². The summed E-state index contributed by atoms with van der Waals surface area (Å²) in [6.07, 6.45) is 11.1. The van der Waals surface area contributed by atoms with Crippen LogP contribution in [0, 0.1) is 12.3 Å².